The topological polar surface area (TPSA) is 137 Å². The zero-order chi connectivity index (χ0) is 34.3. The molecule has 0 aliphatic carbocycles. The van der Waals surface area contributed by atoms with Gasteiger partial charge in [0, 0.05) is 44.0 Å². The molecule has 3 aromatic carbocycles. The molecule has 5 aromatic rings. The van der Waals surface area contributed by atoms with E-state index in [1.54, 1.807) is 48.3 Å². The van der Waals surface area contributed by atoms with Crippen molar-refractivity contribution in [1.82, 2.24) is 24.6 Å². The van der Waals surface area contributed by atoms with Crippen LogP contribution in [0.2, 0.25) is 0 Å². The lowest BCUT2D eigenvalue weighted by Gasteiger charge is -2.16. The van der Waals surface area contributed by atoms with Gasteiger partial charge in [0.05, 0.1) is 19.2 Å². The van der Waals surface area contributed by atoms with E-state index in [4.69, 9.17) is 25.0 Å². The van der Waals surface area contributed by atoms with Gasteiger partial charge in [-0.25, -0.2) is 9.67 Å². The van der Waals surface area contributed by atoms with Crippen LogP contribution in [0, 0.1) is 0 Å². The monoisotopic (exact) mass is 661 g/mol. The molecule has 252 valence electrons. The van der Waals surface area contributed by atoms with Crippen LogP contribution in [0.25, 0.3) is 11.0 Å². The molecule has 2 amide bonds. The molecule has 0 bridgehead atoms. The molecule has 3 heterocycles. The highest BCUT2D eigenvalue weighted by atomic mass is 16.5. The number of nitrogens with one attached hydrogen (secondary N) is 1. The SMILES string of the molecule is COc1ccc(Cn2nc(N[C@@H]3CCN(C(=O)/C=C/CN(C)C)C3)c3c(Oc4ccc(Oc5ccccc5)cc4C(N)=O)ccnc32)cc1. The number of nitrogens with zero attached hydrogens (tertiary/aromatic N) is 5. The van der Waals surface area contributed by atoms with E-state index in [-0.39, 0.29) is 23.3 Å². The molecule has 0 radical (unpaired) electrons. The lowest BCUT2D eigenvalue weighted by molar-refractivity contribution is -0.125. The number of hydrogen-bond donors (Lipinski definition) is 2. The van der Waals surface area contributed by atoms with E-state index in [9.17, 15) is 9.59 Å². The van der Waals surface area contributed by atoms with E-state index in [0.717, 1.165) is 17.7 Å². The van der Waals surface area contributed by atoms with Gasteiger partial charge in [-0.2, -0.15) is 5.10 Å². The van der Waals surface area contributed by atoms with Gasteiger partial charge in [0.25, 0.3) is 5.91 Å². The summed E-state index contributed by atoms with van der Waals surface area (Å²) in [4.78, 5) is 34.0. The van der Waals surface area contributed by atoms with Gasteiger partial charge in [-0.05, 0) is 68.5 Å². The first-order valence-electron chi connectivity index (χ1n) is 16.0. The molecular formula is C37H39N7O5. The van der Waals surface area contributed by atoms with E-state index in [0.29, 0.717) is 60.3 Å². The van der Waals surface area contributed by atoms with Crippen molar-refractivity contribution in [1.29, 1.82) is 0 Å². The Balaban J connectivity index is 1.31. The van der Waals surface area contributed by atoms with Gasteiger partial charge in [-0.3, -0.25) is 9.59 Å². The summed E-state index contributed by atoms with van der Waals surface area (Å²) >= 11 is 0. The van der Waals surface area contributed by atoms with E-state index in [1.165, 1.54) is 0 Å². The first kappa shape index (κ1) is 33.0. The van der Waals surface area contributed by atoms with Gasteiger partial charge in [0.15, 0.2) is 11.5 Å². The molecule has 3 N–H and O–H groups in total. The highest BCUT2D eigenvalue weighted by Crippen LogP contribution is 2.37. The molecule has 0 saturated carbocycles. The minimum absolute atomic E-state index is 0.0228. The summed E-state index contributed by atoms with van der Waals surface area (Å²) in [7, 11) is 5.55. The van der Waals surface area contributed by atoms with E-state index < -0.39 is 5.91 Å². The summed E-state index contributed by atoms with van der Waals surface area (Å²) in [5, 5.41) is 9.14. The second kappa shape index (κ2) is 14.9. The summed E-state index contributed by atoms with van der Waals surface area (Å²) in [5.41, 5.74) is 7.55. The number of para-hydroxylation sites is 1. The minimum Gasteiger partial charge on any atom is -0.497 e. The van der Waals surface area contributed by atoms with Gasteiger partial charge in [-0.1, -0.05) is 36.4 Å². The number of pyridine rings is 1. The van der Waals surface area contributed by atoms with Crippen LogP contribution in [0.3, 0.4) is 0 Å². The minimum atomic E-state index is -0.664. The van der Waals surface area contributed by atoms with Crippen LogP contribution >= 0.6 is 0 Å². The number of rotatable bonds is 13. The summed E-state index contributed by atoms with van der Waals surface area (Å²) in [6.07, 6.45) is 5.88. The van der Waals surface area contributed by atoms with Crippen LogP contribution in [0.15, 0.2) is 97.2 Å². The average molecular weight is 662 g/mol. The number of carbonyl (C=O) groups is 2. The first-order chi connectivity index (χ1) is 23.8. The second-order valence-electron chi connectivity index (χ2n) is 12.0. The number of methoxy groups -OCH3 is 1. The number of aromatic nitrogens is 3. The predicted molar refractivity (Wildman–Crippen MR) is 187 cm³/mol. The third kappa shape index (κ3) is 7.99. The lowest BCUT2D eigenvalue weighted by atomic mass is 10.1. The number of ether oxygens (including phenoxy) is 3. The summed E-state index contributed by atoms with van der Waals surface area (Å²) in [6, 6.07) is 23.6. The number of amides is 2. The average Bonchev–Trinajstić information content (AvgIpc) is 3.71. The molecular weight excluding hydrogens is 622 g/mol. The Hall–Kier alpha value is -5.88. The third-order valence-electron chi connectivity index (χ3n) is 8.07. The second-order valence-corrected chi connectivity index (χ2v) is 12.0. The number of anilines is 1. The van der Waals surface area contributed by atoms with Gasteiger partial charge < -0.3 is 35.1 Å². The van der Waals surface area contributed by atoms with E-state index in [1.807, 2.05) is 84.6 Å². The Morgan fingerprint density at radius 2 is 1.76 bits per heavy atom. The third-order valence-corrected chi connectivity index (χ3v) is 8.07. The zero-order valence-corrected chi connectivity index (χ0v) is 27.7. The maximum Gasteiger partial charge on any atom is 0.252 e. The molecule has 12 nitrogen and oxygen atoms in total. The molecule has 0 unspecified atom stereocenters. The molecule has 49 heavy (non-hydrogen) atoms. The Labute approximate surface area is 284 Å². The maximum atomic E-state index is 12.8. The van der Waals surface area contributed by atoms with Crippen molar-refractivity contribution in [3.63, 3.8) is 0 Å². The summed E-state index contributed by atoms with van der Waals surface area (Å²) in [6.45, 7) is 2.26. The fourth-order valence-electron chi connectivity index (χ4n) is 5.61. The lowest BCUT2D eigenvalue weighted by Crippen LogP contribution is -2.30. The van der Waals surface area contributed by atoms with Crippen LogP contribution in [-0.2, 0) is 11.3 Å². The smallest absolute Gasteiger partial charge is 0.252 e. The van der Waals surface area contributed by atoms with Gasteiger partial charge in [0.1, 0.15) is 34.1 Å². The number of carbonyl (C=O) groups excluding carboxylic acids is 2. The molecule has 1 aliphatic heterocycles. The Morgan fingerprint density at radius 3 is 2.49 bits per heavy atom. The van der Waals surface area contributed by atoms with Crippen molar-refractivity contribution >= 4 is 28.7 Å². The van der Waals surface area contributed by atoms with Crippen LogP contribution in [0.1, 0.15) is 22.3 Å². The molecule has 6 rings (SSSR count). The molecule has 1 atom stereocenters. The number of fused-ring (bicyclic) bond motifs is 1. The fraction of sp³-hybridized carbons (Fsp3) is 0.243. The number of hydrogen-bond acceptors (Lipinski definition) is 9. The van der Waals surface area contributed by atoms with E-state index in [2.05, 4.69) is 10.3 Å². The molecule has 2 aromatic heterocycles. The Kier molecular flexibility index (Phi) is 10.1. The molecule has 1 fully saturated rings. The molecule has 12 heteroatoms. The number of likely N-dealkylation sites (tertiary alicyclic amines) is 1. The largest absolute Gasteiger partial charge is 0.497 e. The van der Waals surface area contributed by atoms with Crippen LogP contribution < -0.4 is 25.3 Å². The highest BCUT2D eigenvalue weighted by molar-refractivity contribution is 5.97. The summed E-state index contributed by atoms with van der Waals surface area (Å²) < 4.78 is 19.5. The predicted octanol–water partition coefficient (Wildman–Crippen LogP) is 5.30. The van der Waals surface area contributed by atoms with E-state index >= 15 is 0 Å². The standard InChI is InChI=1S/C37H39N7O5/c1-42(2)20-7-10-33(45)43-21-18-26(24-43)40-36-34-32(17-19-39-37(34)44(41-36)23-25-11-13-27(47-3)14-12-25)49-31-16-15-29(22-30(31)35(38)46)48-28-8-5-4-6-9-28/h4-17,19,22,26H,18,20-21,23-24H2,1-3H3,(H2,38,46)(H,40,41)/b10-7+/t26-/m1/s1. The fourth-order valence-corrected chi connectivity index (χ4v) is 5.61. The molecule has 0 spiro atoms. The first-order valence-corrected chi connectivity index (χ1v) is 16.0. The summed E-state index contributed by atoms with van der Waals surface area (Å²) in [5.74, 6) is 2.39. The van der Waals surface area contributed by atoms with Crippen molar-refractivity contribution in [2.75, 3.05) is 46.2 Å². The van der Waals surface area contributed by atoms with Gasteiger partial charge >= 0.3 is 0 Å². The highest BCUT2D eigenvalue weighted by Gasteiger charge is 2.28. The van der Waals surface area contributed by atoms with Crippen LogP contribution in [0.4, 0.5) is 5.82 Å². The quantitative estimate of drug-likeness (QED) is 0.161. The van der Waals surface area contributed by atoms with Crippen LogP contribution in [0.5, 0.6) is 28.7 Å². The van der Waals surface area contributed by atoms with Crippen LogP contribution in [-0.4, -0.2) is 83.3 Å². The molecule has 1 saturated heterocycles. The van der Waals surface area contributed by atoms with Gasteiger partial charge in [0.2, 0.25) is 5.91 Å². The number of likely N-dealkylation sites (N-methyl/N-ethyl adjacent to an activating group) is 1. The number of benzene rings is 3. The van der Waals surface area contributed by atoms with Crippen molar-refractivity contribution < 1.29 is 23.8 Å². The normalized spacial score (nSPS) is 14.4. The molecule has 1 aliphatic rings. The number of nitrogens with two attached hydrogens (primary N) is 1. The van der Waals surface area contributed by atoms with Crippen molar-refractivity contribution in [3.8, 4) is 28.7 Å². The van der Waals surface area contributed by atoms with Gasteiger partial charge in [-0.15, -0.1) is 0 Å². The van der Waals surface area contributed by atoms with Crippen molar-refractivity contribution in [2.24, 2.45) is 5.73 Å². The van der Waals surface area contributed by atoms with Crippen molar-refractivity contribution in [3.05, 3.63) is 108 Å². The maximum absolute atomic E-state index is 12.8. The zero-order valence-electron chi connectivity index (χ0n) is 27.7. The number of primary amides is 1. The Morgan fingerprint density at radius 1 is 0.980 bits per heavy atom. The van der Waals surface area contributed by atoms with Crippen molar-refractivity contribution in [2.45, 2.75) is 19.0 Å². The Bertz CT molecular complexity index is 1960.